The second-order valence-electron chi connectivity index (χ2n) is 14.1. The van der Waals surface area contributed by atoms with Gasteiger partial charge in [0.15, 0.2) is 23.0 Å². The standard InChI is InChI=1S/C39H48N2O9/c1-8-14-47-35-23(3)36-37(49-21-48-36)31-27(35)17-28(32-30-25(16-26(18-42)40-32)15-22(2)34(45-7)33(30)43)41(38(44)50-39(4,5)6)29(31)20-46-19-24-12-10-9-11-13-24/h8-13,15,26,28-29,32,40,42-43H,1,14,16-21H2,2-7H3/t26-,28+,29-,32-/m0/s1. The quantitative estimate of drug-likeness (QED) is 0.219. The number of aliphatic hydroxyl groups excluding tert-OH is 1. The van der Waals surface area contributed by atoms with Crippen molar-refractivity contribution in [2.45, 2.75) is 83.8 Å². The number of aromatic hydroxyl groups is 1. The number of carbonyl (C=O) groups is 1. The molecule has 3 heterocycles. The summed E-state index contributed by atoms with van der Waals surface area (Å²) in [6.45, 7) is 13.7. The molecule has 0 saturated heterocycles. The lowest BCUT2D eigenvalue weighted by atomic mass is 9.78. The van der Waals surface area contributed by atoms with Gasteiger partial charge in [-0.15, -0.1) is 0 Å². The van der Waals surface area contributed by atoms with Crippen LogP contribution in [-0.4, -0.2) is 72.6 Å². The van der Waals surface area contributed by atoms with E-state index in [0.717, 1.165) is 33.4 Å². The number of fused-ring (bicyclic) bond motifs is 4. The van der Waals surface area contributed by atoms with Crippen molar-refractivity contribution in [3.8, 4) is 28.7 Å². The van der Waals surface area contributed by atoms with Gasteiger partial charge in [0.05, 0.1) is 45.1 Å². The van der Waals surface area contributed by atoms with Crippen molar-refractivity contribution in [2.75, 3.05) is 33.7 Å². The zero-order chi connectivity index (χ0) is 35.7. The summed E-state index contributed by atoms with van der Waals surface area (Å²) in [6, 6.07) is 9.44. The second kappa shape index (κ2) is 14.4. The minimum absolute atomic E-state index is 0.00630. The molecule has 0 unspecified atom stereocenters. The predicted molar refractivity (Wildman–Crippen MR) is 187 cm³/mol. The Morgan fingerprint density at radius 1 is 1.10 bits per heavy atom. The number of benzene rings is 3. The molecule has 4 atom stereocenters. The van der Waals surface area contributed by atoms with Crippen molar-refractivity contribution in [2.24, 2.45) is 0 Å². The highest BCUT2D eigenvalue weighted by atomic mass is 16.7. The lowest BCUT2D eigenvalue weighted by Crippen LogP contribution is -2.58. The van der Waals surface area contributed by atoms with E-state index in [4.69, 9.17) is 28.4 Å². The highest BCUT2D eigenvalue weighted by molar-refractivity contribution is 5.74. The molecule has 268 valence electrons. The number of carbonyl (C=O) groups excluding carboxylic acids is 1. The topological polar surface area (TPSA) is 128 Å². The van der Waals surface area contributed by atoms with E-state index in [1.807, 2.05) is 71.0 Å². The number of rotatable bonds is 10. The highest BCUT2D eigenvalue weighted by Crippen LogP contribution is 2.55. The predicted octanol–water partition coefficient (Wildman–Crippen LogP) is 5.98. The number of amides is 1. The largest absolute Gasteiger partial charge is 0.504 e. The fraction of sp³-hybridized carbons (Fsp3) is 0.462. The Morgan fingerprint density at radius 2 is 1.84 bits per heavy atom. The molecule has 3 aliphatic heterocycles. The van der Waals surface area contributed by atoms with Crippen LogP contribution >= 0.6 is 0 Å². The molecule has 3 N–H and O–H groups in total. The molecule has 1 amide bonds. The fourth-order valence-corrected chi connectivity index (χ4v) is 7.52. The van der Waals surface area contributed by atoms with Crippen LogP contribution in [-0.2, 0) is 28.9 Å². The van der Waals surface area contributed by atoms with Crippen LogP contribution in [0.25, 0.3) is 0 Å². The molecule has 6 rings (SSSR count). The lowest BCUT2D eigenvalue weighted by Gasteiger charge is -2.49. The molecule has 0 spiro atoms. The third-order valence-corrected chi connectivity index (χ3v) is 9.48. The van der Waals surface area contributed by atoms with Crippen LogP contribution in [0, 0.1) is 13.8 Å². The number of phenolic OH excluding ortho intramolecular Hbond substituents is 1. The van der Waals surface area contributed by atoms with Crippen molar-refractivity contribution < 1.29 is 43.4 Å². The molecule has 3 aromatic rings. The number of aliphatic hydroxyl groups is 1. The van der Waals surface area contributed by atoms with E-state index in [2.05, 4.69) is 11.9 Å². The average molecular weight is 689 g/mol. The third kappa shape index (κ3) is 6.69. The summed E-state index contributed by atoms with van der Waals surface area (Å²) >= 11 is 0. The van der Waals surface area contributed by atoms with E-state index in [0.29, 0.717) is 48.0 Å². The van der Waals surface area contributed by atoms with Crippen LogP contribution in [0.2, 0.25) is 0 Å². The maximum atomic E-state index is 14.6. The summed E-state index contributed by atoms with van der Waals surface area (Å²) < 4.78 is 36.7. The molecule has 3 aromatic carbocycles. The van der Waals surface area contributed by atoms with Crippen molar-refractivity contribution in [1.82, 2.24) is 10.2 Å². The Labute approximate surface area is 293 Å². The summed E-state index contributed by atoms with van der Waals surface area (Å²) in [5.74, 6) is 2.06. The van der Waals surface area contributed by atoms with Gasteiger partial charge in [0.2, 0.25) is 6.79 Å². The third-order valence-electron chi connectivity index (χ3n) is 9.48. The van der Waals surface area contributed by atoms with E-state index in [-0.39, 0.29) is 38.4 Å². The van der Waals surface area contributed by atoms with Gasteiger partial charge in [-0.25, -0.2) is 4.79 Å². The van der Waals surface area contributed by atoms with Crippen molar-refractivity contribution in [3.63, 3.8) is 0 Å². The van der Waals surface area contributed by atoms with Crippen LogP contribution < -0.4 is 24.3 Å². The first-order chi connectivity index (χ1) is 24.0. The summed E-state index contributed by atoms with van der Waals surface area (Å²) in [4.78, 5) is 16.3. The minimum atomic E-state index is -0.821. The smallest absolute Gasteiger partial charge is 0.411 e. The SMILES string of the molecule is C=CCOc1c(C)c2c(c3c1C[C@H]([C@@H]1N[C@H](CO)Cc4cc(C)c(OC)c(O)c41)N(C(=O)OC(C)(C)C)[C@H]3COCc1ccccc1)OCO2. The first kappa shape index (κ1) is 35.4. The summed E-state index contributed by atoms with van der Waals surface area (Å²) in [5, 5.41) is 25.9. The number of nitrogens with zero attached hydrogens (tertiary/aromatic N) is 1. The molecule has 50 heavy (non-hydrogen) atoms. The number of methoxy groups -OCH3 is 1. The Kier molecular flexibility index (Phi) is 10.2. The average Bonchev–Trinajstić information content (AvgIpc) is 3.57. The Balaban J connectivity index is 1.58. The van der Waals surface area contributed by atoms with E-state index in [1.165, 1.54) is 7.11 Å². The number of hydrogen-bond acceptors (Lipinski definition) is 10. The van der Waals surface area contributed by atoms with E-state index in [9.17, 15) is 15.0 Å². The van der Waals surface area contributed by atoms with Crippen molar-refractivity contribution in [3.05, 3.63) is 88.0 Å². The van der Waals surface area contributed by atoms with Gasteiger partial charge in [-0.2, -0.15) is 0 Å². The van der Waals surface area contributed by atoms with Crippen LogP contribution in [0.4, 0.5) is 4.79 Å². The zero-order valence-electron chi connectivity index (χ0n) is 29.7. The number of nitrogens with one attached hydrogen (secondary N) is 1. The van der Waals surface area contributed by atoms with E-state index in [1.54, 1.807) is 11.0 Å². The van der Waals surface area contributed by atoms with Gasteiger partial charge in [-0.1, -0.05) is 49.1 Å². The van der Waals surface area contributed by atoms with Gasteiger partial charge >= 0.3 is 6.09 Å². The van der Waals surface area contributed by atoms with Crippen LogP contribution in [0.3, 0.4) is 0 Å². The van der Waals surface area contributed by atoms with Gasteiger partial charge in [-0.3, -0.25) is 4.90 Å². The first-order valence-corrected chi connectivity index (χ1v) is 17.0. The zero-order valence-corrected chi connectivity index (χ0v) is 29.7. The maximum absolute atomic E-state index is 14.6. The molecule has 0 aromatic heterocycles. The molecule has 0 bridgehead atoms. The van der Waals surface area contributed by atoms with Gasteiger partial charge in [-0.05, 0) is 64.2 Å². The van der Waals surface area contributed by atoms with Crippen LogP contribution in [0.1, 0.15) is 71.8 Å². The second-order valence-corrected chi connectivity index (χ2v) is 14.1. The number of ether oxygens (including phenoxy) is 6. The van der Waals surface area contributed by atoms with Gasteiger partial charge in [0.25, 0.3) is 0 Å². The molecular formula is C39H48N2O9. The lowest BCUT2D eigenvalue weighted by molar-refractivity contribution is -0.0269. The minimum Gasteiger partial charge on any atom is -0.504 e. The Morgan fingerprint density at radius 3 is 2.52 bits per heavy atom. The van der Waals surface area contributed by atoms with Crippen LogP contribution in [0.15, 0.2) is 49.1 Å². The van der Waals surface area contributed by atoms with Gasteiger partial charge in [0.1, 0.15) is 18.0 Å². The molecule has 11 heteroatoms. The number of phenols is 1. The fourth-order valence-electron chi connectivity index (χ4n) is 7.52. The normalized spacial score (nSPS) is 20.9. The molecule has 0 aliphatic carbocycles. The maximum Gasteiger partial charge on any atom is 0.411 e. The highest BCUT2D eigenvalue weighted by Gasteiger charge is 2.50. The Hall–Kier alpha value is -4.45. The summed E-state index contributed by atoms with van der Waals surface area (Å²) in [6.07, 6.45) is 1.89. The summed E-state index contributed by atoms with van der Waals surface area (Å²) in [7, 11) is 1.52. The molecule has 3 aliphatic rings. The first-order valence-electron chi connectivity index (χ1n) is 17.0. The molecule has 0 saturated carbocycles. The van der Waals surface area contributed by atoms with E-state index >= 15 is 0 Å². The van der Waals surface area contributed by atoms with E-state index < -0.39 is 29.8 Å². The van der Waals surface area contributed by atoms with Crippen molar-refractivity contribution in [1.29, 1.82) is 0 Å². The van der Waals surface area contributed by atoms with Crippen molar-refractivity contribution >= 4 is 6.09 Å². The van der Waals surface area contributed by atoms with Gasteiger partial charge < -0.3 is 44.0 Å². The van der Waals surface area contributed by atoms with Crippen LogP contribution in [0.5, 0.6) is 28.7 Å². The molecule has 0 fully saturated rings. The van der Waals surface area contributed by atoms with Gasteiger partial charge in [0, 0.05) is 28.3 Å². The molecule has 0 radical (unpaired) electrons. The molecule has 11 nitrogen and oxygen atoms in total. The number of aryl methyl sites for hydroxylation is 1. The monoisotopic (exact) mass is 688 g/mol. The summed E-state index contributed by atoms with van der Waals surface area (Å²) in [5.41, 5.74) is 4.73. The number of hydrogen-bond donors (Lipinski definition) is 3. The molecular weight excluding hydrogens is 640 g/mol. The Bertz CT molecular complexity index is 1740.